The van der Waals surface area contributed by atoms with Gasteiger partial charge in [-0.1, -0.05) is 0 Å². The van der Waals surface area contributed by atoms with Crippen molar-refractivity contribution in [3.63, 3.8) is 0 Å². The number of carbonyl (C=O) groups excluding carboxylic acids is 1. The van der Waals surface area contributed by atoms with Gasteiger partial charge in [-0.3, -0.25) is 4.68 Å². The van der Waals surface area contributed by atoms with Gasteiger partial charge < -0.3 is 15.0 Å². The standard InChI is InChI=1S/C13H17N5O2/c14-4-10-5-16-18(7-10)11-8-17(9-11)13(19)15-6-12-2-1-3-20-12/h5,7,11-12H,1-3,6,8-9H2,(H,15,19). The molecule has 1 aromatic rings. The number of amides is 2. The summed E-state index contributed by atoms with van der Waals surface area (Å²) >= 11 is 0. The predicted octanol–water partition coefficient (Wildman–Crippen LogP) is 0.500. The van der Waals surface area contributed by atoms with Crippen LogP contribution in [0, 0.1) is 11.3 Å². The number of nitrogens with zero attached hydrogens (tertiary/aromatic N) is 4. The van der Waals surface area contributed by atoms with Crippen molar-refractivity contribution >= 4 is 6.03 Å². The Bertz CT molecular complexity index is 523. The SMILES string of the molecule is N#Cc1cnn(C2CN(C(=O)NCC3CCCO3)C2)c1. The number of urea groups is 1. The Balaban J connectivity index is 1.42. The molecule has 106 valence electrons. The third-order valence-corrected chi connectivity index (χ3v) is 3.76. The van der Waals surface area contributed by atoms with Gasteiger partial charge in [0.25, 0.3) is 0 Å². The van der Waals surface area contributed by atoms with Gasteiger partial charge in [0.05, 0.1) is 23.9 Å². The highest BCUT2D eigenvalue weighted by atomic mass is 16.5. The number of hydrogen-bond acceptors (Lipinski definition) is 4. The topological polar surface area (TPSA) is 83.2 Å². The van der Waals surface area contributed by atoms with Gasteiger partial charge in [0.2, 0.25) is 0 Å². The molecular formula is C13H17N5O2. The van der Waals surface area contributed by atoms with E-state index in [1.165, 1.54) is 0 Å². The quantitative estimate of drug-likeness (QED) is 0.870. The Morgan fingerprint density at radius 1 is 1.60 bits per heavy atom. The summed E-state index contributed by atoms with van der Waals surface area (Å²) in [5.74, 6) is 0. The molecule has 3 heterocycles. The largest absolute Gasteiger partial charge is 0.376 e. The van der Waals surface area contributed by atoms with E-state index in [9.17, 15) is 4.79 Å². The van der Waals surface area contributed by atoms with Crippen molar-refractivity contribution in [1.82, 2.24) is 20.0 Å². The normalized spacial score (nSPS) is 22.4. The maximum absolute atomic E-state index is 11.9. The first-order valence-corrected chi connectivity index (χ1v) is 6.85. The first-order valence-electron chi connectivity index (χ1n) is 6.85. The number of nitriles is 1. The van der Waals surface area contributed by atoms with Gasteiger partial charge in [-0.15, -0.1) is 0 Å². The van der Waals surface area contributed by atoms with Crippen molar-refractivity contribution in [2.24, 2.45) is 0 Å². The van der Waals surface area contributed by atoms with Crippen LogP contribution in [0.4, 0.5) is 4.79 Å². The fourth-order valence-electron chi connectivity index (χ4n) is 2.50. The molecule has 1 unspecified atom stereocenters. The average molecular weight is 275 g/mol. The average Bonchev–Trinajstić information content (AvgIpc) is 3.06. The van der Waals surface area contributed by atoms with E-state index in [2.05, 4.69) is 10.4 Å². The second-order valence-electron chi connectivity index (χ2n) is 5.20. The molecule has 0 aromatic carbocycles. The molecule has 0 saturated carbocycles. The van der Waals surface area contributed by atoms with Crippen LogP contribution in [0.1, 0.15) is 24.4 Å². The van der Waals surface area contributed by atoms with E-state index in [1.807, 2.05) is 6.07 Å². The zero-order valence-electron chi connectivity index (χ0n) is 11.2. The summed E-state index contributed by atoms with van der Waals surface area (Å²) in [6.45, 7) is 2.64. The first kappa shape index (κ1) is 12.9. The van der Waals surface area contributed by atoms with E-state index in [4.69, 9.17) is 10.00 Å². The highest BCUT2D eigenvalue weighted by Crippen LogP contribution is 2.20. The summed E-state index contributed by atoms with van der Waals surface area (Å²) in [6.07, 6.45) is 5.52. The van der Waals surface area contributed by atoms with E-state index in [1.54, 1.807) is 22.0 Å². The third kappa shape index (κ3) is 2.60. The van der Waals surface area contributed by atoms with E-state index in [-0.39, 0.29) is 18.2 Å². The Kier molecular flexibility index (Phi) is 3.56. The monoisotopic (exact) mass is 275 g/mol. The molecule has 0 bridgehead atoms. The van der Waals surface area contributed by atoms with Crippen LogP contribution in [0.3, 0.4) is 0 Å². The Morgan fingerprint density at radius 3 is 3.10 bits per heavy atom. The third-order valence-electron chi connectivity index (χ3n) is 3.76. The van der Waals surface area contributed by atoms with Crippen LogP contribution < -0.4 is 5.32 Å². The van der Waals surface area contributed by atoms with Crippen LogP contribution in [-0.2, 0) is 4.74 Å². The lowest BCUT2D eigenvalue weighted by Crippen LogP contribution is -2.55. The molecule has 7 nitrogen and oxygen atoms in total. The summed E-state index contributed by atoms with van der Waals surface area (Å²) < 4.78 is 7.21. The van der Waals surface area contributed by atoms with Crippen LogP contribution in [-0.4, -0.2) is 53.1 Å². The first-order chi connectivity index (χ1) is 9.76. The highest BCUT2D eigenvalue weighted by molar-refractivity contribution is 5.75. The van der Waals surface area contributed by atoms with Crippen molar-refractivity contribution < 1.29 is 9.53 Å². The van der Waals surface area contributed by atoms with Gasteiger partial charge in [0, 0.05) is 32.4 Å². The fourth-order valence-corrected chi connectivity index (χ4v) is 2.50. The molecular weight excluding hydrogens is 258 g/mol. The maximum atomic E-state index is 11.9. The van der Waals surface area contributed by atoms with E-state index in [0.717, 1.165) is 19.4 Å². The summed E-state index contributed by atoms with van der Waals surface area (Å²) in [6, 6.07) is 2.17. The zero-order chi connectivity index (χ0) is 13.9. The summed E-state index contributed by atoms with van der Waals surface area (Å²) in [4.78, 5) is 13.6. The van der Waals surface area contributed by atoms with Crippen LogP contribution in [0.2, 0.25) is 0 Å². The summed E-state index contributed by atoms with van der Waals surface area (Å²) in [5.41, 5.74) is 0.547. The van der Waals surface area contributed by atoms with E-state index in [0.29, 0.717) is 25.2 Å². The predicted molar refractivity (Wildman–Crippen MR) is 69.9 cm³/mol. The van der Waals surface area contributed by atoms with Gasteiger partial charge in [-0.2, -0.15) is 10.4 Å². The number of carbonyl (C=O) groups is 1. The van der Waals surface area contributed by atoms with Crippen LogP contribution >= 0.6 is 0 Å². The number of ether oxygens (including phenoxy) is 1. The molecule has 2 aliphatic heterocycles. The molecule has 2 amide bonds. The maximum Gasteiger partial charge on any atom is 0.317 e. The van der Waals surface area contributed by atoms with Crippen LogP contribution in [0.25, 0.3) is 0 Å². The van der Waals surface area contributed by atoms with Gasteiger partial charge >= 0.3 is 6.03 Å². The Morgan fingerprint density at radius 2 is 2.45 bits per heavy atom. The molecule has 2 aliphatic rings. The summed E-state index contributed by atoms with van der Waals surface area (Å²) in [7, 11) is 0. The van der Waals surface area contributed by atoms with Gasteiger partial charge in [0.1, 0.15) is 6.07 Å². The lowest BCUT2D eigenvalue weighted by atomic mass is 10.1. The molecule has 2 saturated heterocycles. The van der Waals surface area contributed by atoms with Crippen molar-refractivity contribution in [2.75, 3.05) is 26.2 Å². The van der Waals surface area contributed by atoms with Crippen molar-refractivity contribution in [1.29, 1.82) is 5.26 Å². The highest BCUT2D eigenvalue weighted by Gasteiger charge is 2.32. The molecule has 0 aliphatic carbocycles. The summed E-state index contributed by atoms with van der Waals surface area (Å²) in [5, 5.41) is 15.8. The fraction of sp³-hybridized carbons (Fsp3) is 0.615. The van der Waals surface area contributed by atoms with Crippen molar-refractivity contribution in [3.8, 4) is 6.07 Å². The Labute approximate surface area is 117 Å². The van der Waals surface area contributed by atoms with Gasteiger partial charge in [0.15, 0.2) is 0 Å². The molecule has 2 fully saturated rings. The molecule has 0 radical (unpaired) electrons. The zero-order valence-corrected chi connectivity index (χ0v) is 11.2. The minimum absolute atomic E-state index is 0.0515. The Hall–Kier alpha value is -2.07. The molecule has 20 heavy (non-hydrogen) atoms. The van der Waals surface area contributed by atoms with Crippen molar-refractivity contribution in [2.45, 2.75) is 25.0 Å². The smallest absolute Gasteiger partial charge is 0.317 e. The molecule has 3 rings (SSSR count). The van der Waals surface area contributed by atoms with Gasteiger partial charge in [-0.05, 0) is 12.8 Å². The molecule has 1 atom stereocenters. The number of rotatable bonds is 3. The second kappa shape index (κ2) is 5.51. The lowest BCUT2D eigenvalue weighted by molar-refractivity contribution is 0.0965. The number of aromatic nitrogens is 2. The second-order valence-corrected chi connectivity index (χ2v) is 5.20. The number of likely N-dealkylation sites (tertiary alicyclic amines) is 1. The van der Waals surface area contributed by atoms with Crippen LogP contribution in [0.5, 0.6) is 0 Å². The molecule has 1 N–H and O–H groups in total. The minimum Gasteiger partial charge on any atom is -0.376 e. The molecule has 7 heteroatoms. The number of nitrogens with one attached hydrogen (secondary N) is 1. The molecule has 1 aromatic heterocycles. The van der Waals surface area contributed by atoms with Gasteiger partial charge in [-0.25, -0.2) is 4.79 Å². The lowest BCUT2D eigenvalue weighted by Gasteiger charge is -2.39. The molecule has 0 spiro atoms. The number of hydrogen-bond donors (Lipinski definition) is 1. The van der Waals surface area contributed by atoms with E-state index >= 15 is 0 Å². The van der Waals surface area contributed by atoms with Crippen LogP contribution in [0.15, 0.2) is 12.4 Å². The van der Waals surface area contributed by atoms with E-state index < -0.39 is 0 Å². The van der Waals surface area contributed by atoms with Crippen molar-refractivity contribution in [3.05, 3.63) is 18.0 Å². The minimum atomic E-state index is -0.0515.